The van der Waals surface area contributed by atoms with Gasteiger partial charge in [0.2, 0.25) is 0 Å². The third kappa shape index (κ3) is 2.75. The Morgan fingerprint density at radius 2 is 1.85 bits per heavy atom. The molecule has 0 saturated heterocycles. The second-order valence-corrected chi connectivity index (χ2v) is 4.84. The Morgan fingerprint density at radius 1 is 1.20 bits per heavy atom. The lowest BCUT2D eigenvalue weighted by atomic mass is 10.1. The number of benzene rings is 1. The van der Waals surface area contributed by atoms with Gasteiger partial charge in [-0.3, -0.25) is 4.79 Å². The third-order valence-corrected chi connectivity index (χ3v) is 3.24. The van der Waals surface area contributed by atoms with Crippen LogP contribution in [-0.4, -0.2) is 15.6 Å². The number of aromatic nitrogens is 1. The van der Waals surface area contributed by atoms with E-state index >= 15 is 0 Å². The van der Waals surface area contributed by atoms with Gasteiger partial charge in [-0.05, 0) is 36.2 Å². The molecule has 0 aliphatic carbocycles. The molecule has 1 aromatic heterocycles. The van der Waals surface area contributed by atoms with E-state index in [4.69, 9.17) is 16.7 Å². The van der Waals surface area contributed by atoms with Crippen molar-refractivity contribution in [2.45, 2.75) is 19.9 Å². The van der Waals surface area contributed by atoms with E-state index in [0.29, 0.717) is 17.3 Å². The van der Waals surface area contributed by atoms with E-state index in [2.05, 4.69) is 0 Å². The number of halogens is 1. The zero-order chi connectivity index (χ0) is 14.7. The van der Waals surface area contributed by atoms with Crippen molar-refractivity contribution in [1.29, 1.82) is 0 Å². The molecule has 4 nitrogen and oxygen atoms in total. The monoisotopic (exact) mass is 291 g/mol. The minimum absolute atomic E-state index is 0.212. The zero-order valence-corrected chi connectivity index (χ0v) is 11.7. The Kier molecular flexibility index (Phi) is 4.25. The van der Waals surface area contributed by atoms with Gasteiger partial charge in [0.25, 0.3) is 5.56 Å². The predicted octanol–water partition coefficient (Wildman–Crippen LogP) is 3.28. The van der Waals surface area contributed by atoms with Crippen LogP contribution in [0.2, 0.25) is 5.02 Å². The van der Waals surface area contributed by atoms with E-state index < -0.39 is 11.5 Å². The SMILES string of the molecule is CCCn1c(-c2ccc(Cl)cc2)ccc(C(=O)O)c1=O. The highest BCUT2D eigenvalue weighted by Crippen LogP contribution is 2.21. The van der Waals surface area contributed by atoms with Crippen molar-refractivity contribution in [2.75, 3.05) is 0 Å². The van der Waals surface area contributed by atoms with Crippen LogP contribution in [0.3, 0.4) is 0 Å². The summed E-state index contributed by atoms with van der Waals surface area (Å²) in [7, 11) is 0. The Hall–Kier alpha value is -2.07. The molecule has 0 radical (unpaired) electrons. The van der Waals surface area contributed by atoms with Gasteiger partial charge in [-0.15, -0.1) is 0 Å². The summed E-state index contributed by atoms with van der Waals surface area (Å²) < 4.78 is 1.49. The van der Waals surface area contributed by atoms with Crippen LogP contribution in [0.5, 0.6) is 0 Å². The molecule has 0 amide bonds. The topological polar surface area (TPSA) is 59.3 Å². The van der Waals surface area contributed by atoms with Gasteiger partial charge in [0.15, 0.2) is 0 Å². The molecular weight excluding hydrogens is 278 g/mol. The molecule has 0 spiro atoms. The standard InChI is InChI=1S/C15H14ClNO3/c1-2-9-17-13(10-3-5-11(16)6-4-10)8-7-12(14(17)18)15(19)20/h3-8H,2,9H2,1H3,(H,19,20). The largest absolute Gasteiger partial charge is 0.477 e. The maximum Gasteiger partial charge on any atom is 0.341 e. The number of rotatable bonds is 4. The van der Waals surface area contributed by atoms with Crippen LogP contribution in [0.1, 0.15) is 23.7 Å². The van der Waals surface area contributed by atoms with E-state index in [1.54, 1.807) is 18.2 Å². The first-order valence-electron chi connectivity index (χ1n) is 6.27. The molecule has 104 valence electrons. The second-order valence-electron chi connectivity index (χ2n) is 4.40. The number of hydrogen-bond acceptors (Lipinski definition) is 2. The smallest absolute Gasteiger partial charge is 0.341 e. The van der Waals surface area contributed by atoms with E-state index in [0.717, 1.165) is 12.0 Å². The number of pyridine rings is 1. The number of carboxylic acids is 1. The first kappa shape index (κ1) is 14.3. The van der Waals surface area contributed by atoms with E-state index in [9.17, 15) is 9.59 Å². The van der Waals surface area contributed by atoms with E-state index in [-0.39, 0.29) is 5.56 Å². The number of carboxylic acid groups (broad SMARTS) is 1. The molecule has 0 unspecified atom stereocenters. The van der Waals surface area contributed by atoms with E-state index in [1.807, 2.05) is 19.1 Å². The normalized spacial score (nSPS) is 10.5. The van der Waals surface area contributed by atoms with Gasteiger partial charge in [0, 0.05) is 11.6 Å². The van der Waals surface area contributed by atoms with Crippen LogP contribution in [0.4, 0.5) is 0 Å². The van der Waals surface area contributed by atoms with Gasteiger partial charge < -0.3 is 9.67 Å². The van der Waals surface area contributed by atoms with Crippen LogP contribution in [0.25, 0.3) is 11.3 Å². The molecule has 1 N–H and O–H groups in total. The van der Waals surface area contributed by atoms with Crippen molar-refractivity contribution in [1.82, 2.24) is 4.57 Å². The molecule has 20 heavy (non-hydrogen) atoms. The van der Waals surface area contributed by atoms with Crippen molar-refractivity contribution >= 4 is 17.6 Å². The molecule has 1 aromatic carbocycles. The lowest BCUT2D eigenvalue weighted by Crippen LogP contribution is -2.27. The highest BCUT2D eigenvalue weighted by atomic mass is 35.5. The Balaban J connectivity index is 2.64. The molecule has 0 aliphatic rings. The van der Waals surface area contributed by atoms with Crippen LogP contribution in [0.15, 0.2) is 41.2 Å². The zero-order valence-electron chi connectivity index (χ0n) is 11.0. The molecule has 0 fully saturated rings. The minimum Gasteiger partial charge on any atom is -0.477 e. The summed E-state index contributed by atoms with van der Waals surface area (Å²) in [6.07, 6.45) is 0.740. The third-order valence-electron chi connectivity index (χ3n) is 2.99. The summed E-state index contributed by atoms with van der Waals surface area (Å²) in [5.74, 6) is -1.21. The summed E-state index contributed by atoms with van der Waals surface area (Å²) in [5, 5.41) is 9.64. The summed E-state index contributed by atoms with van der Waals surface area (Å²) in [6, 6.07) is 10.1. The molecule has 0 bridgehead atoms. The molecule has 0 atom stereocenters. The fraction of sp³-hybridized carbons (Fsp3) is 0.200. The molecule has 2 rings (SSSR count). The second kappa shape index (κ2) is 5.92. The minimum atomic E-state index is -1.21. The van der Waals surface area contributed by atoms with Crippen molar-refractivity contribution < 1.29 is 9.90 Å². The molecule has 1 heterocycles. The molecule has 5 heteroatoms. The number of hydrogen-bond donors (Lipinski definition) is 1. The molecule has 2 aromatic rings. The fourth-order valence-corrected chi connectivity index (χ4v) is 2.19. The van der Waals surface area contributed by atoms with Crippen molar-refractivity contribution in [3.63, 3.8) is 0 Å². The maximum absolute atomic E-state index is 12.2. The first-order chi connectivity index (χ1) is 9.54. The average molecular weight is 292 g/mol. The van der Waals surface area contributed by atoms with Crippen molar-refractivity contribution in [2.24, 2.45) is 0 Å². The Bertz CT molecular complexity index is 689. The quantitative estimate of drug-likeness (QED) is 0.940. The predicted molar refractivity (Wildman–Crippen MR) is 78.4 cm³/mol. The summed E-state index contributed by atoms with van der Waals surface area (Å²) in [6.45, 7) is 2.41. The highest BCUT2D eigenvalue weighted by molar-refractivity contribution is 6.30. The van der Waals surface area contributed by atoms with Gasteiger partial charge in [-0.1, -0.05) is 30.7 Å². The fourth-order valence-electron chi connectivity index (χ4n) is 2.06. The lowest BCUT2D eigenvalue weighted by molar-refractivity contribution is 0.0694. The van der Waals surface area contributed by atoms with Gasteiger partial charge in [0.1, 0.15) is 5.56 Å². The van der Waals surface area contributed by atoms with Crippen LogP contribution in [-0.2, 0) is 6.54 Å². The highest BCUT2D eigenvalue weighted by Gasteiger charge is 2.14. The van der Waals surface area contributed by atoms with Crippen LogP contribution in [0, 0.1) is 0 Å². The summed E-state index contributed by atoms with van der Waals surface area (Å²) in [5.41, 5.74) is 0.832. The maximum atomic E-state index is 12.2. The number of carbonyl (C=O) groups is 1. The Morgan fingerprint density at radius 3 is 2.40 bits per heavy atom. The van der Waals surface area contributed by atoms with Crippen molar-refractivity contribution in [3.8, 4) is 11.3 Å². The van der Waals surface area contributed by atoms with Gasteiger partial charge in [0.05, 0.1) is 5.69 Å². The average Bonchev–Trinajstić information content (AvgIpc) is 2.42. The summed E-state index contributed by atoms with van der Waals surface area (Å²) >= 11 is 5.85. The van der Waals surface area contributed by atoms with Gasteiger partial charge in [-0.25, -0.2) is 4.79 Å². The molecule has 0 saturated carbocycles. The molecular formula is C15H14ClNO3. The molecule has 0 aliphatic heterocycles. The number of aromatic carboxylic acids is 1. The van der Waals surface area contributed by atoms with Gasteiger partial charge >= 0.3 is 5.97 Å². The van der Waals surface area contributed by atoms with Gasteiger partial charge in [-0.2, -0.15) is 0 Å². The van der Waals surface area contributed by atoms with Crippen molar-refractivity contribution in [3.05, 3.63) is 57.3 Å². The summed E-state index contributed by atoms with van der Waals surface area (Å²) in [4.78, 5) is 23.3. The Labute approximate surface area is 121 Å². The van der Waals surface area contributed by atoms with E-state index in [1.165, 1.54) is 10.6 Å². The number of nitrogens with zero attached hydrogens (tertiary/aromatic N) is 1. The van der Waals surface area contributed by atoms with Crippen LogP contribution >= 0.6 is 11.6 Å². The first-order valence-corrected chi connectivity index (χ1v) is 6.65. The van der Waals surface area contributed by atoms with Crippen LogP contribution < -0.4 is 5.56 Å². The lowest BCUT2D eigenvalue weighted by Gasteiger charge is -2.13.